The van der Waals surface area contributed by atoms with Gasteiger partial charge < -0.3 is 15.3 Å². The molecule has 0 spiro atoms. The Hall–Kier alpha value is -0.820. The number of halogens is 3. The lowest BCUT2D eigenvalue weighted by atomic mass is 9.92. The quantitative estimate of drug-likeness (QED) is 0.779. The van der Waals surface area contributed by atoms with E-state index in [1.165, 1.54) is 0 Å². The second-order valence-electron chi connectivity index (χ2n) is 5.11. The number of hydrogen-bond donors (Lipinski definition) is 2. The second-order valence-corrected chi connectivity index (χ2v) is 5.11. The highest BCUT2D eigenvalue weighted by Gasteiger charge is 2.31. The highest BCUT2D eigenvalue weighted by Crippen LogP contribution is 2.21. The first-order valence-electron chi connectivity index (χ1n) is 6.54. The van der Waals surface area contributed by atoms with Crippen molar-refractivity contribution in [2.75, 3.05) is 26.2 Å². The summed E-state index contributed by atoms with van der Waals surface area (Å²) < 4.78 is 36.6. The van der Waals surface area contributed by atoms with Crippen molar-refractivity contribution in [1.29, 1.82) is 0 Å². The Morgan fingerprint density at radius 2 is 2.11 bits per heavy atom. The van der Waals surface area contributed by atoms with Crippen molar-refractivity contribution in [3.8, 4) is 0 Å². The smallest absolute Gasteiger partial charge is 0.401 e. The summed E-state index contributed by atoms with van der Waals surface area (Å²) in [7, 11) is 0. The van der Waals surface area contributed by atoms with E-state index in [0.29, 0.717) is 19.0 Å². The summed E-state index contributed by atoms with van der Waals surface area (Å²) in [6.45, 7) is 2.68. The molecule has 112 valence electrons. The van der Waals surface area contributed by atoms with Gasteiger partial charge in [0.1, 0.15) is 0 Å². The Morgan fingerprint density at radius 3 is 2.63 bits per heavy atom. The van der Waals surface area contributed by atoms with E-state index in [-0.39, 0.29) is 12.5 Å². The van der Waals surface area contributed by atoms with Gasteiger partial charge in [-0.15, -0.1) is 0 Å². The summed E-state index contributed by atoms with van der Waals surface area (Å²) >= 11 is 0. The molecule has 1 rings (SSSR count). The minimum atomic E-state index is -4.20. The van der Waals surface area contributed by atoms with Crippen LogP contribution in [0.4, 0.5) is 13.2 Å². The zero-order valence-electron chi connectivity index (χ0n) is 11.0. The summed E-state index contributed by atoms with van der Waals surface area (Å²) in [4.78, 5) is 12.5. The third-order valence-corrected chi connectivity index (χ3v) is 3.42. The van der Waals surface area contributed by atoms with E-state index in [9.17, 15) is 18.0 Å². The molecule has 0 bridgehead atoms. The fourth-order valence-electron chi connectivity index (χ4n) is 2.44. The van der Waals surface area contributed by atoms with Crippen molar-refractivity contribution in [2.24, 2.45) is 5.92 Å². The van der Waals surface area contributed by atoms with Crippen LogP contribution in [0.3, 0.4) is 0 Å². The largest absolute Gasteiger partial charge is 0.481 e. The monoisotopic (exact) mass is 282 g/mol. The van der Waals surface area contributed by atoms with Gasteiger partial charge in [-0.2, -0.15) is 13.2 Å². The van der Waals surface area contributed by atoms with E-state index in [4.69, 9.17) is 5.11 Å². The van der Waals surface area contributed by atoms with E-state index < -0.39 is 18.7 Å². The minimum Gasteiger partial charge on any atom is -0.481 e. The fraction of sp³-hybridized carbons (Fsp3) is 0.917. The second kappa shape index (κ2) is 7.09. The molecule has 1 fully saturated rings. The van der Waals surface area contributed by atoms with Crippen molar-refractivity contribution < 1.29 is 23.1 Å². The van der Waals surface area contributed by atoms with Gasteiger partial charge in [-0.05, 0) is 12.3 Å². The van der Waals surface area contributed by atoms with Gasteiger partial charge in [0, 0.05) is 25.7 Å². The van der Waals surface area contributed by atoms with Crippen LogP contribution in [0.15, 0.2) is 0 Å². The average molecular weight is 282 g/mol. The molecular formula is C12H21F3N2O2. The van der Waals surface area contributed by atoms with Crippen molar-refractivity contribution in [3.63, 3.8) is 0 Å². The number of hydrogen-bond acceptors (Lipinski definition) is 3. The lowest BCUT2D eigenvalue weighted by Crippen LogP contribution is -2.51. The normalized spacial score (nSPS) is 25.5. The molecule has 0 aromatic heterocycles. The predicted molar refractivity (Wildman–Crippen MR) is 64.9 cm³/mol. The van der Waals surface area contributed by atoms with E-state index in [2.05, 4.69) is 5.32 Å². The molecule has 0 aliphatic carbocycles. The van der Waals surface area contributed by atoms with E-state index in [1.54, 1.807) is 0 Å². The lowest BCUT2D eigenvalue weighted by molar-refractivity contribution is -0.137. The third-order valence-electron chi connectivity index (χ3n) is 3.42. The molecule has 0 radical (unpaired) electrons. The van der Waals surface area contributed by atoms with Crippen LogP contribution in [-0.2, 0) is 4.79 Å². The molecule has 7 heteroatoms. The minimum absolute atomic E-state index is 0.0302. The maximum absolute atomic E-state index is 12.2. The molecule has 0 amide bonds. The summed E-state index contributed by atoms with van der Waals surface area (Å²) in [6.07, 6.45) is -2.56. The predicted octanol–water partition coefficient (Wildman–Crippen LogP) is 1.71. The molecule has 1 aliphatic heterocycles. The van der Waals surface area contributed by atoms with Crippen molar-refractivity contribution in [2.45, 2.75) is 38.4 Å². The molecule has 1 heterocycles. The maximum atomic E-state index is 12.2. The summed E-state index contributed by atoms with van der Waals surface area (Å²) in [5.41, 5.74) is 0. The van der Waals surface area contributed by atoms with Gasteiger partial charge in [0.05, 0.1) is 13.0 Å². The van der Waals surface area contributed by atoms with Gasteiger partial charge in [-0.1, -0.05) is 13.3 Å². The number of carboxylic acid groups (broad SMARTS) is 1. The molecule has 2 unspecified atom stereocenters. The van der Waals surface area contributed by atoms with Gasteiger partial charge in [0.15, 0.2) is 0 Å². The molecule has 0 aromatic carbocycles. The standard InChI is InChI=1S/C12H21F3N2O2/c1-2-9-5-10(16-8-12(13,14)15)7-17(6-9)4-3-11(18)19/h9-10,16H,2-8H2,1H3,(H,18,19). The van der Waals surface area contributed by atoms with Crippen LogP contribution in [0.1, 0.15) is 26.2 Å². The Morgan fingerprint density at radius 1 is 1.42 bits per heavy atom. The highest BCUT2D eigenvalue weighted by molar-refractivity contribution is 5.66. The van der Waals surface area contributed by atoms with Gasteiger partial charge >= 0.3 is 12.1 Å². The molecule has 4 nitrogen and oxygen atoms in total. The molecule has 1 saturated heterocycles. The molecule has 0 saturated carbocycles. The molecule has 19 heavy (non-hydrogen) atoms. The number of nitrogens with one attached hydrogen (secondary N) is 1. The van der Waals surface area contributed by atoms with E-state index in [1.807, 2.05) is 11.8 Å². The number of aliphatic carboxylic acids is 1. The van der Waals surface area contributed by atoms with Gasteiger partial charge in [-0.25, -0.2) is 0 Å². The van der Waals surface area contributed by atoms with Crippen LogP contribution in [-0.4, -0.2) is 54.4 Å². The van der Waals surface area contributed by atoms with Crippen molar-refractivity contribution >= 4 is 5.97 Å². The summed E-state index contributed by atoms with van der Waals surface area (Å²) in [6, 6.07) is -0.214. The number of rotatable bonds is 6. The van der Waals surface area contributed by atoms with Crippen LogP contribution in [0, 0.1) is 5.92 Å². The van der Waals surface area contributed by atoms with Crippen LogP contribution in [0.2, 0.25) is 0 Å². The zero-order chi connectivity index (χ0) is 14.5. The highest BCUT2D eigenvalue weighted by atomic mass is 19.4. The van der Waals surface area contributed by atoms with Crippen LogP contribution in [0.25, 0.3) is 0 Å². The number of piperidine rings is 1. The van der Waals surface area contributed by atoms with Crippen LogP contribution < -0.4 is 5.32 Å². The summed E-state index contributed by atoms with van der Waals surface area (Å²) in [5.74, 6) is -0.549. The third kappa shape index (κ3) is 6.77. The molecule has 2 atom stereocenters. The number of carbonyl (C=O) groups is 1. The number of carboxylic acids is 1. The Labute approximate surface area is 111 Å². The molecule has 1 aliphatic rings. The lowest BCUT2D eigenvalue weighted by Gasteiger charge is -2.38. The van der Waals surface area contributed by atoms with Gasteiger partial charge in [0.25, 0.3) is 0 Å². The van der Waals surface area contributed by atoms with Crippen molar-refractivity contribution in [1.82, 2.24) is 10.2 Å². The Bertz CT molecular complexity index is 297. The fourth-order valence-corrected chi connectivity index (χ4v) is 2.44. The topological polar surface area (TPSA) is 52.6 Å². The maximum Gasteiger partial charge on any atom is 0.401 e. The number of nitrogens with zero attached hydrogens (tertiary/aromatic N) is 1. The van der Waals surface area contributed by atoms with Crippen LogP contribution >= 0.6 is 0 Å². The Kier molecular flexibility index (Phi) is 6.06. The average Bonchev–Trinajstić information content (AvgIpc) is 2.33. The zero-order valence-corrected chi connectivity index (χ0v) is 11.0. The number of likely N-dealkylation sites (tertiary alicyclic amines) is 1. The molecule has 0 aromatic rings. The van der Waals surface area contributed by atoms with Crippen LogP contribution in [0.5, 0.6) is 0 Å². The summed E-state index contributed by atoms with van der Waals surface area (Å²) in [5, 5.41) is 11.2. The van der Waals surface area contributed by atoms with E-state index >= 15 is 0 Å². The first kappa shape index (κ1) is 16.2. The van der Waals surface area contributed by atoms with E-state index in [0.717, 1.165) is 19.4 Å². The molecular weight excluding hydrogens is 261 g/mol. The Balaban J connectivity index is 2.45. The number of alkyl halides is 3. The first-order valence-corrected chi connectivity index (χ1v) is 6.54. The molecule has 2 N–H and O–H groups in total. The van der Waals surface area contributed by atoms with Crippen molar-refractivity contribution in [3.05, 3.63) is 0 Å². The van der Waals surface area contributed by atoms with Gasteiger partial charge in [-0.3, -0.25) is 4.79 Å². The first-order chi connectivity index (χ1) is 8.80. The van der Waals surface area contributed by atoms with Gasteiger partial charge in [0.2, 0.25) is 0 Å². The SMILES string of the molecule is CCC1CC(NCC(F)(F)F)CN(CCC(=O)O)C1.